The number of rotatable bonds is 3. The second-order valence-corrected chi connectivity index (χ2v) is 5.56. The molecule has 2 saturated heterocycles. The molecule has 0 bridgehead atoms. The minimum absolute atomic E-state index is 0.418. The predicted octanol–water partition coefficient (Wildman–Crippen LogP) is 1.91. The van der Waals surface area contributed by atoms with Crippen LogP contribution >= 0.6 is 0 Å². The minimum Gasteiger partial charge on any atom is -0.496 e. The highest BCUT2D eigenvalue weighted by atomic mass is 16.7. The summed E-state index contributed by atoms with van der Waals surface area (Å²) in [6, 6.07) is 7.72. The fourth-order valence-corrected chi connectivity index (χ4v) is 3.15. The van der Waals surface area contributed by atoms with E-state index in [1.807, 2.05) is 12.1 Å². The molecule has 21 heavy (non-hydrogen) atoms. The van der Waals surface area contributed by atoms with Crippen LogP contribution in [-0.4, -0.2) is 44.1 Å². The molecule has 2 fully saturated rings. The Kier molecular flexibility index (Phi) is 4.11. The van der Waals surface area contributed by atoms with Crippen molar-refractivity contribution in [2.75, 3.05) is 33.4 Å². The van der Waals surface area contributed by atoms with Crippen LogP contribution < -0.4 is 4.74 Å². The molecule has 0 aromatic heterocycles. The standard InChI is InChI=1S/C16H20N2O3/c1-19-15-4-3-13(10-17)9-14(15)11-18-6-2-5-16(12-18)20-7-8-21-16/h3-4,9H,2,5-8,11-12H2,1H3. The Morgan fingerprint density at radius 3 is 2.90 bits per heavy atom. The molecular weight excluding hydrogens is 268 g/mol. The van der Waals surface area contributed by atoms with Crippen molar-refractivity contribution in [1.29, 1.82) is 5.26 Å². The lowest BCUT2D eigenvalue weighted by molar-refractivity contribution is -0.190. The molecule has 5 nitrogen and oxygen atoms in total. The van der Waals surface area contributed by atoms with Gasteiger partial charge >= 0.3 is 0 Å². The molecule has 2 aliphatic heterocycles. The Labute approximate surface area is 125 Å². The molecule has 0 radical (unpaired) electrons. The summed E-state index contributed by atoms with van der Waals surface area (Å²) in [6.45, 7) is 3.89. The number of likely N-dealkylation sites (tertiary alicyclic amines) is 1. The Morgan fingerprint density at radius 2 is 2.19 bits per heavy atom. The van der Waals surface area contributed by atoms with Gasteiger partial charge in [0.1, 0.15) is 5.75 Å². The second-order valence-electron chi connectivity index (χ2n) is 5.56. The van der Waals surface area contributed by atoms with Crippen LogP contribution in [0, 0.1) is 11.3 Å². The van der Waals surface area contributed by atoms with Gasteiger partial charge in [-0.2, -0.15) is 5.26 Å². The highest BCUT2D eigenvalue weighted by Crippen LogP contribution is 2.31. The van der Waals surface area contributed by atoms with Gasteiger partial charge in [-0.1, -0.05) is 0 Å². The summed E-state index contributed by atoms with van der Waals surface area (Å²) in [5.74, 6) is 0.403. The second kappa shape index (κ2) is 6.02. The fraction of sp³-hybridized carbons (Fsp3) is 0.562. The van der Waals surface area contributed by atoms with Gasteiger partial charge in [-0.25, -0.2) is 0 Å². The van der Waals surface area contributed by atoms with Gasteiger partial charge in [-0.05, 0) is 31.2 Å². The van der Waals surface area contributed by atoms with Gasteiger partial charge in [-0.15, -0.1) is 0 Å². The average molecular weight is 288 g/mol. The van der Waals surface area contributed by atoms with Gasteiger partial charge in [-0.3, -0.25) is 4.90 Å². The quantitative estimate of drug-likeness (QED) is 0.850. The number of nitriles is 1. The van der Waals surface area contributed by atoms with Crippen molar-refractivity contribution in [3.63, 3.8) is 0 Å². The molecule has 1 aromatic rings. The highest BCUT2D eigenvalue weighted by Gasteiger charge is 2.40. The normalized spacial score (nSPS) is 21.3. The molecule has 0 saturated carbocycles. The van der Waals surface area contributed by atoms with E-state index in [1.54, 1.807) is 13.2 Å². The van der Waals surface area contributed by atoms with Crippen molar-refractivity contribution in [2.24, 2.45) is 0 Å². The van der Waals surface area contributed by atoms with Crippen molar-refractivity contribution in [2.45, 2.75) is 25.2 Å². The van der Waals surface area contributed by atoms with Crippen LogP contribution in [-0.2, 0) is 16.0 Å². The number of nitrogens with zero attached hydrogens (tertiary/aromatic N) is 2. The van der Waals surface area contributed by atoms with Gasteiger partial charge in [0.15, 0.2) is 5.79 Å². The molecule has 0 aliphatic carbocycles. The van der Waals surface area contributed by atoms with Crippen LogP contribution in [0.2, 0.25) is 0 Å². The summed E-state index contributed by atoms with van der Waals surface area (Å²) < 4.78 is 17.0. The molecular formula is C16H20N2O3. The lowest BCUT2D eigenvalue weighted by Crippen LogP contribution is -2.48. The van der Waals surface area contributed by atoms with Crippen LogP contribution in [0.5, 0.6) is 5.75 Å². The van der Waals surface area contributed by atoms with Crippen molar-refractivity contribution in [1.82, 2.24) is 4.90 Å². The smallest absolute Gasteiger partial charge is 0.181 e. The van der Waals surface area contributed by atoms with Gasteiger partial charge in [0, 0.05) is 18.5 Å². The Hall–Kier alpha value is -1.61. The summed E-state index contributed by atoms with van der Waals surface area (Å²) in [5, 5.41) is 9.05. The number of piperidine rings is 1. The maximum atomic E-state index is 9.05. The zero-order valence-corrected chi connectivity index (χ0v) is 12.3. The van der Waals surface area contributed by atoms with E-state index >= 15 is 0 Å². The molecule has 0 atom stereocenters. The van der Waals surface area contributed by atoms with E-state index in [-0.39, 0.29) is 0 Å². The van der Waals surface area contributed by atoms with Crippen LogP contribution in [0.1, 0.15) is 24.0 Å². The molecule has 5 heteroatoms. The molecule has 3 rings (SSSR count). The van der Waals surface area contributed by atoms with Crippen molar-refractivity contribution in [3.05, 3.63) is 29.3 Å². The highest BCUT2D eigenvalue weighted by molar-refractivity contribution is 5.42. The van der Waals surface area contributed by atoms with E-state index in [0.29, 0.717) is 18.8 Å². The lowest BCUT2D eigenvalue weighted by atomic mass is 10.0. The van der Waals surface area contributed by atoms with Crippen LogP contribution in [0.3, 0.4) is 0 Å². The van der Waals surface area contributed by atoms with Crippen molar-refractivity contribution >= 4 is 0 Å². The zero-order chi connectivity index (χ0) is 14.7. The van der Waals surface area contributed by atoms with Gasteiger partial charge in [0.2, 0.25) is 0 Å². The van der Waals surface area contributed by atoms with Crippen molar-refractivity contribution in [3.8, 4) is 11.8 Å². The number of methoxy groups -OCH3 is 1. The molecule has 0 unspecified atom stereocenters. The topological polar surface area (TPSA) is 54.7 Å². The minimum atomic E-state index is -0.418. The van der Waals surface area contributed by atoms with Crippen LogP contribution in [0.25, 0.3) is 0 Å². The largest absolute Gasteiger partial charge is 0.496 e. The molecule has 2 aliphatic rings. The van der Waals surface area contributed by atoms with E-state index in [4.69, 9.17) is 19.5 Å². The number of hydrogen-bond acceptors (Lipinski definition) is 5. The van der Waals surface area contributed by atoms with E-state index in [0.717, 1.165) is 43.8 Å². The average Bonchev–Trinajstić information content (AvgIpc) is 2.95. The van der Waals surface area contributed by atoms with Crippen LogP contribution in [0.15, 0.2) is 18.2 Å². The first-order valence-corrected chi connectivity index (χ1v) is 7.32. The van der Waals surface area contributed by atoms with E-state index < -0.39 is 5.79 Å². The molecule has 0 N–H and O–H groups in total. The number of hydrogen-bond donors (Lipinski definition) is 0. The maximum absolute atomic E-state index is 9.05. The molecule has 1 spiro atoms. The van der Waals surface area contributed by atoms with Crippen LogP contribution in [0.4, 0.5) is 0 Å². The van der Waals surface area contributed by atoms with Crippen molar-refractivity contribution < 1.29 is 14.2 Å². The fourth-order valence-electron chi connectivity index (χ4n) is 3.15. The Morgan fingerprint density at radius 1 is 1.38 bits per heavy atom. The summed E-state index contributed by atoms with van der Waals surface area (Å²) in [6.07, 6.45) is 2.01. The number of benzene rings is 1. The van der Waals surface area contributed by atoms with E-state index in [2.05, 4.69) is 11.0 Å². The van der Waals surface area contributed by atoms with Gasteiger partial charge < -0.3 is 14.2 Å². The monoisotopic (exact) mass is 288 g/mol. The first-order chi connectivity index (χ1) is 10.2. The third kappa shape index (κ3) is 3.03. The maximum Gasteiger partial charge on any atom is 0.181 e. The van der Waals surface area contributed by atoms with E-state index in [1.165, 1.54) is 0 Å². The van der Waals surface area contributed by atoms with Gasteiger partial charge in [0.05, 0.1) is 38.5 Å². The predicted molar refractivity (Wildman–Crippen MR) is 76.9 cm³/mol. The zero-order valence-electron chi connectivity index (χ0n) is 12.3. The third-order valence-electron chi connectivity index (χ3n) is 4.11. The number of ether oxygens (including phenoxy) is 3. The molecule has 0 amide bonds. The summed E-state index contributed by atoms with van der Waals surface area (Å²) in [4.78, 5) is 2.31. The Balaban J connectivity index is 1.75. The molecule has 2 heterocycles. The molecule has 112 valence electrons. The van der Waals surface area contributed by atoms with Gasteiger partial charge in [0.25, 0.3) is 0 Å². The Bertz CT molecular complexity index is 547. The lowest BCUT2D eigenvalue weighted by Gasteiger charge is -2.38. The summed E-state index contributed by atoms with van der Waals surface area (Å²) >= 11 is 0. The summed E-state index contributed by atoms with van der Waals surface area (Å²) in [7, 11) is 1.66. The van der Waals surface area contributed by atoms with E-state index in [9.17, 15) is 0 Å². The summed E-state index contributed by atoms with van der Waals surface area (Å²) in [5.41, 5.74) is 1.69. The SMILES string of the molecule is COc1ccc(C#N)cc1CN1CCCC2(C1)OCCO2. The first kappa shape index (κ1) is 14.3. The molecule has 1 aromatic carbocycles. The third-order valence-corrected chi connectivity index (χ3v) is 4.11. The first-order valence-electron chi connectivity index (χ1n) is 7.32.